The van der Waals surface area contributed by atoms with Crippen LogP contribution in [0.4, 0.5) is 4.39 Å². The van der Waals surface area contributed by atoms with Gasteiger partial charge in [-0.3, -0.25) is 19.2 Å². The van der Waals surface area contributed by atoms with Gasteiger partial charge in [0, 0.05) is 49.0 Å². The quantitative estimate of drug-likeness (QED) is 0.557. The van der Waals surface area contributed by atoms with Crippen molar-refractivity contribution >= 4 is 30.5 Å². The van der Waals surface area contributed by atoms with E-state index < -0.39 is 12.0 Å². The lowest BCUT2D eigenvalue weighted by atomic mass is 9.93. The molecule has 170 valence electrons. The Hall–Kier alpha value is -2.45. The molecule has 2 aromatic rings. The molecule has 1 aromatic carbocycles. The first kappa shape index (κ1) is 22.7. The molecule has 1 aromatic heterocycles. The Kier molecular flexibility index (Phi) is 7.10. The number of carbonyl (C=O) groups excluding carboxylic acids is 1. The normalized spacial score (nSPS) is 21.6. The standard InChI is InChI=1S/C24H28FN3O3S/c25-20-5-2-1-4-19(20)23(24(31)16-7-8-16)27-12-10-21(32)17(15-27)14-18-9-13-28(26-18)11-3-6-22(29)30/h1-2,4-5,9,13-14,16,21,23,32H,3,6-8,10-12,15H2,(H,29,30)/b17-14-. The molecule has 0 radical (unpaired) electrons. The maximum Gasteiger partial charge on any atom is 0.303 e. The zero-order valence-corrected chi connectivity index (χ0v) is 18.8. The number of hydrogen-bond acceptors (Lipinski definition) is 5. The van der Waals surface area contributed by atoms with Crippen molar-refractivity contribution in [2.45, 2.75) is 49.9 Å². The highest BCUT2D eigenvalue weighted by atomic mass is 32.1. The van der Waals surface area contributed by atoms with Crippen molar-refractivity contribution in [2.75, 3.05) is 13.1 Å². The number of carbonyl (C=O) groups is 2. The maximum absolute atomic E-state index is 14.7. The van der Waals surface area contributed by atoms with Crippen LogP contribution in [-0.4, -0.2) is 49.9 Å². The highest BCUT2D eigenvalue weighted by Gasteiger charge is 2.40. The molecule has 32 heavy (non-hydrogen) atoms. The largest absolute Gasteiger partial charge is 0.481 e. The number of carboxylic acid groups (broad SMARTS) is 1. The monoisotopic (exact) mass is 457 g/mol. The molecule has 2 unspecified atom stereocenters. The number of halogens is 1. The second-order valence-electron chi connectivity index (χ2n) is 8.60. The van der Waals surface area contributed by atoms with Gasteiger partial charge in [0.1, 0.15) is 5.82 Å². The third kappa shape index (κ3) is 5.48. The number of carboxylic acids is 1. The van der Waals surface area contributed by atoms with Crippen molar-refractivity contribution in [3.63, 3.8) is 0 Å². The summed E-state index contributed by atoms with van der Waals surface area (Å²) in [7, 11) is 0. The molecule has 2 heterocycles. The molecule has 4 rings (SSSR count). The van der Waals surface area contributed by atoms with Crippen LogP contribution in [0, 0.1) is 11.7 Å². The van der Waals surface area contributed by atoms with Crippen LogP contribution < -0.4 is 0 Å². The number of likely N-dealkylation sites (tertiary alicyclic amines) is 1. The van der Waals surface area contributed by atoms with E-state index in [0.717, 1.165) is 30.5 Å². The van der Waals surface area contributed by atoms with Gasteiger partial charge in [0.15, 0.2) is 5.78 Å². The zero-order chi connectivity index (χ0) is 22.7. The predicted octanol–water partition coefficient (Wildman–Crippen LogP) is 3.99. The summed E-state index contributed by atoms with van der Waals surface area (Å²) in [5.41, 5.74) is 2.26. The summed E-state index contributed by atoms with van der Waals surface area (Å²) in [6, 6.07) is 7.87. The maximum atomic E-state index is 14.7. The summed E-state index contributed by atoms with van der Waals surface area (Å²) < 4.78 is 16.4. The molecule has 1 aliphatic heterocycles. The lowest BCUT2D eigenvalue weighted by Crippen LogP contribution is -2.42. The molecule has 1 N–H and O–H groups in total. The Morgan fingerprint density at radius 1 is 1.25 bits per heavy atom. The summed E-state index contributed by atoms with van der Waals surface area (Å²) >= 11 is 4.74. The van der Waals surface area contributed by atoms with Crippen molar-refractivity contribution in [1.82, 2.24) is 14.7 Å². The molecule has 0 bridgehead atoms. The highest BCUT2D eigenvalue weighted by Crippen LogP contribution is 2.39. The minimum absolute atomic E-state index is 0.0299. The smallest absolute Gasteiger partial charge is 0.303 e. The van der Waals surface area contributed by atoms with Crippen LogP contribution in [0.3, 0.4) is 0 Å². The van der Waals surface area contributed by atoms with E-state index in [0.29, 0.717) is 31.6 Å². The lowest BCUT2D eigenvalue weighted by Gasteiger charge is -2.37. The van der Waals surface area contributed by atoms with Crippen LogP contribution in [0.15, 0.2) is 42.1 Å². The Balaban J connectivity index is 1.52. The van der Waals surface area contributed by atoms with E-state index in [9.17, 15) is 14.0 Å². The Morgan fingerprint density at radius 2 is 2.03 bits per heavy atom. The van der Waals surface area contributed by atoms with Gasteiger partial charge in [-0.15, -0.1) is 0 Å². The summed E-state index contributed by atoms with van der Waals surface area (Å²) in [6.07, 6.45) is 6.97. The number of benzene rings is 1. The molecule has 1 saturated carbocycles. The number of aromatic nitrogens is 2. The van der Waals surface area contributed by atoms with Crippen LogP contribution in [0.1, 0.15) is 49.4 Å². The second kappa shape index (κ2) is 10.0. The van der Waals surface area contributed by atoms with E-state index >= 15 is 0 Å². The molecule has 0 amide bonds. The number of ketones is 1. The predicted molar refractivity (Wildman–Crippen MR) is 123 cm³/mol. The van der Waals surface area contributed by atoms with Crippen LogP contribution in [0.25, 0.3) is 6.08 Å². The van der Waals surface area contributed by atoms with Crippen LogP contribution in [0.2, 0.25) is 0 Å². The van der Waals surface area contributed by atoms with E-state index in [4.69, 9.17) is 17.7 Å². The van der Waals surface area contributed by atoms with E-state index in [-0.39, 0.29) is 29.2 Å². The molecule has 0 spiro atoms. The third-order valence-electron chi connectivity index (χ3n) is 6.09. The first-order chi connectivity index (χ1) is 15.4. The number of piperidine rings is 1. The van der Waals surface area contributed by atoms with Crippen molar-refractivity contribution in [1.29, 1.82) is 0 Å². The van der Waals surface area contributed by atoms with Crippen LogP contribution in [-0.2, 0) is 16.1 Å². The van der Waals surface area contributed by atoms with Gasteiger partial charge in [0.2, 0.25) is 0 Å². The summed E-state index contributed by atoms with van der Waals surface area (Å²) in [6.45, 7) is 1.74. The number of Topliss-reactive ketones (excluding diaryl/α,β-unsaturated/α-hetero) is 1. The van der Waals surface area contributed by atoms with E-state index in [1.54, 1.807) is 22.9 Å². The number of hydrogen-bond donors (Lipinski definition) is 2. The third-order valence-corrected chi connectivity index (χ3v) is 6.68. The molecule has 8 heteroatoms. The first-order valence-corrected chi connectivity index (χ1v) is 11.6. The van der Waals surface area contributed by atoms with Gasteiger partial charge in [-0.1, -0.05) is 18.2 Å². The zero-order valence-electron chi connectivity index (χ0n) is 17.9. The fourth-order valence-corrected chi connectivity index (χ4v) is 4.51. The lowest BCUT2D eigenvalue weighted by molar-refractivity contribution is -0.137. The highest BCUT2D eigenvalue weighted by molar-refractivity contribution is 7.81. The number of thiol groups is 1. The fourth-order valence-electron chi connectivity index (χ4n) is 4.23. The van der Waals surface area contributed by atoms with Gasteiger partial charge < -0.3 is 5.11 Å². The molecule has 2 fully saturated rings. The van der Waals surface area contributed by atoms with Gasteiger partial charge in [0.25, 0.3) is 0 Å². The van der Waals surface area contributed by atoms with Gasteiger partial charge in [-0.05, 0) is 49.5 Å². The van der Waals surface area contributed by atoms with E-state index in [1.165, 1.54) is 6.07 Å². The number of aryl methyl sites for hydroxylation is 1. The topological polar surface area (TPSA) is 75.4 Å². The van der Waals surface area contributed by atoms with Crippen LogP contribution in [0.5, 0.6) is 0 Å². The van der Waals surface area contributed by atoms with Crippen molar-refractivity contribution < 1.29 is 19.1 Å². The molecule has 6 nitrogen and oxygen atoms in total. The van der Waals surface area contributed by atoms with E-state index in [1.807, 2.05) is 18.3 Å². The fraction of sp³-hybridized carbons (Fsp3) is 0.458. The van der Waals surface area contributed by atoms with Gasteiger partial charge in [0.05, 0.1) is 11.7 Å². The van der Waals surface area contributed by atoms with Gasteiger partial charge in [-0.25, -0.2) is 4.39 Å². The molecule has 1 aliphatic carbocycles. The summed E-state index contributed by atoms with van der Waals surface area (Å²) in [5.74, 6) is -1.02. The molecule has 1 saturated heterocycles. The molecular weight excluding hydrogens is 429 g/mol. The average Bonchev–Trinajstić information content (AvgIpc) is 3.52. The second-order valence-corrected chi connectivity index (χ2v) is 9.22. The summed E-state index contributed by atoms with van der Waals surface area (Å²) in [4.78, 5) is 25.9. The van der Waals surface area contributed by atoms with Gasteiger partial charge >= 0.3 is 5.97 Å². The van der Waals surface area contributed by atoms with Crippen molar-refractivity contribution in [3.8, 4) is 0 Å². The minimum atomic E-state index is -0.815. The minimum Gasteiger partial charge on any atom is -0.481 e. The molecule has 2 atom stereocenters. The summed E-state index contributed by atoms with van der Waals surface area (Å²) in [5, 5.41) is 13.4. The van der Waals surface area contributed by atoms with Gasteiger partial charge in [-0.2, -0.15) is 17.7 Å². The van der Waals surface area contributed by atoms with Crippen LogP contribution >= 0.6 is 12.6 Å². The number of rotatable bonds is 9. The number of nitrogens with zero attached hydrogens (tertiary/aromatic N) is 3. The average molecular weight is 458 g/mol. The Labute approximate surface area is 192 Å². The molecular formula is C24H28FN3O3S. The number of aliphatic carboxylic acids is 1. The Bertz CT molecular complexity index is 1020. The first-order valence-electron chi connectivity index (χ1n) is 11.1. The van der Waals surface area contributed by atoms with Crippen molar-refractivity contribution in [3.05, 3.63) is 59.2 Å². The van der Waals surface area contributed by atoms with Crippen molar-refractivity contribution in [2.24, 2.45) is 5.92 Å². The SMILES string of the molecule is O=C(O)CCCn1ccc(/C=C2/CN(C(C(=O)C3CC3)c3ccccc3F)CCC2S)n1. The molecule has 2 aliphatic rings. The van der Waals surface area contributed by atoms with E-state index in [2.05, 4.69) is 10.00 Å². The Morgan fingerprint density at radius 3 is 2.75 bits per heavy atom.